The first-order chi connectivity index (χ1) is 11.5. The Kier molecular flexibility index (Phi) is 4.49. The molecule has 1 aromatic heterocycles. The van der Waals surface area contributed by atoms with Gasteiger partial charge in [0.1, 0.15) is 11.7 Å². The van der Waals surface area contributed by atoms with E-state index < -0.39 is 5.82 Å². The Morgan fingerprint density at radius 1 is 1.42 bits per heavy atom. The van der Waals surface area contributed by atoms with Crippen LogP contribution in [0.3, 0.4) is 0 Å². The third kappa shape index (κ3) is 3.10. The summed E-state index contributed by atoms with van der Waals surface area (Å²) >= 11 is 5.87. The van der Waals surface area contributed by atoms with Gasteiger partial charge >= 0.3 is 0 Å². The van der Waals surface area contributed by atoms with Gasteiger partial charge in [-0.25, -0.2) is 9.37 Å². The molecule has 124 valence electrons. The van der Waals surface area contributed by atoms with E-state index in [1.807, 2.05) is 6.07 Å². The summed E-state index contributed by atoms with van der Waals surface area (Å²) in [6.07, 6.45) is 2.53. The lowest BCUT2D eigenvalue weighted by Crippen LogP contribution is -2.22. The first kappa shape index (κ1) is 16.4. The van der Waals surface area contributed by atoms with E-state index in [-0.39, 0.29) is 16.5 Å². The maximum Gasteiger partial charge on any atom is 0.234 e. The van der Waals surface area contributed by atoms with Crippen LogP contribution in [0, 0.1) is 5.82 Å². The Balaban J connectivity index is 2.12. The number of halogens is 2. The number of carbonyl (C=O) groups excluding carboxylic acids is 1. The molecule has 1 heterocycles. The van der Waals surface area contributed by atoms with E-state index in [4.69, 9.17) is 17.3 Å². The molecule has 0 bridgehead atoms. The molecule has 0 saturated heterocycles. The maximum atomic E-state index is 14.4. The molecule has 0 unspecified atom stereocenters. The molecule has 1 fully saturated rings. The van der Waals surface area contributed by atoms with Gasteiger partial charge in [0.05, 0.1) is 16.3 Å². The molecule has 24 heavy (non-hydrogen) atoms. The zero-order valence-electron chi connectivity index (χ0n) is 13.0. The minimum Gasteiger partial charge on any atom is -0.383 e. The van der Waals surface area contributed by atoms with Crippen LogP contribution < -0.4 is 10.6 Å². The van der Waals surface area contributed by atoms with Crippen molar-refractivity contribution in [3.63, 3.8) is 0 Å². The molecule has 2 aromatic rings. The molecular weight excluding hydrogens is 331 g/mol. The average Bonchev–Trinajstić information content (AvgIpc) is 3.41. The lowest BCUT2D eigenvalue weighted by molar-refractivity contribution is -0.106. The molecule has 2 N–H and O–H groups in total. The van der Waals surface area contributed by atoms with Gasteiger partial charge in [0.25, 0.3) is 0 Å². The van der Waals surface area contributed by atoms with Crippen LogP contribution in [-0.4, -0.2) is 24.3 Å². The van der Waals surface area contributed by atoms with E-state index >= 15 is 0 Å². The third-order valence-corrected chi connectivity index (χ3v) is 4.26. The van der Waals surface area contributed by atoms with Crippen molar-refractivity contribution in [2.24, 2.45) is 10.7 Å². The van der Waals surface area contributed by atoms with Crippen LogP contribution in [0.2, 0.25) is 5.02 Å². The summed E-state index contributed by atoms with van der Waals surface area (Å²) in [5.41, 5.74) is 7.52. The lowest BCUT2D eigenvalue weighted by atomic mass is 10.1. The number of pyridine rings is 1. The highest BCUT2D eigenvalue weighted by Crippen LogP contribution is 2.40. The second-order valence-electron chi connectivity index (χ2n) is 5.63. The highest BCUT2D eigenvalue weighted by molar-refractivity contribution is 6.31. The van der Waals surface area contributed by atoms with Gasteiger partial charge in [-0.1, -0.05) is 17.7 Å². The van der Waals surface area contributed by atoms with E-state index in [0.717, 1.165) is 18.5 Å². The summed E-state index contributed by atoms with van der Waals surface area (Å²) in [7, 11) is 1.67. The van der Waals surface area contributed by atoms with Gasteiger partial charge in [-0.3, -0.25) is 4.79 Å². The topological polar surface area (TPSA) is 71.6 Å². The second kappa shape index (κ2) is 6.57. The van der Waals surface area contributed by atoms with Crippen molar-refractivity contribution in [2.75, 3.05) is 11.9 Å². The number of nitrogens with zero attached hydrogens (tertiary/aromatic N) is 3. The first-order valence-corrected chi connectivity index (χ1v) is 7.86. The number of aliphatic imine (C=N–C) groups is 1. The number of hydrogen-bond donors (Lipinski definition) is 1. The second-order valence-corrected chi connectivity index (χ2v) is 6.04. The number of benzene rings is 1. The Labute approximate surface area is 144 Å². The van der Waals surface area contributed by atoms with Crippen LogP contribution in [0.5, 0.6) is 0 Å². The van der Waals surface area contributed by atoms with Crippen molar-refractivity contribution in [1.29, 1.82) is 0 Å². The monoisotopic (exact) mass is 346 g/mol. The van der Waals surface area contributed by atoms with Crippen LogP contribution >= 0.6 is 11.6 Å². The van der Waals surface area contributed by atoms with Crippen LogP contribution in [0.15, 0.2) is 35.3 Å². The predicted molar refractivity (Wildman–Crippen MR) is 92.5 cm³/mol. The Morgan fingerprint density at radius 3 is 2.83 bits per heavy atom. The minimum absolute atomic E-state index is 0.0220. The Bertz CT molecular complexity index is 820. The van der Waals surface area contributed by atoms with Crippen molar-refractivity contribution in [3.05, 3.63) is 52.4 Å². The fourth-order valence-electron chi connectivity index (χ4n) is 2.52. The molecule has 5 nitrogen and oxygen atoms in total. The summed E-state index contributed by atoms with van der Waals surface area (Å²) in [5.74, 6) is 0.338. The third-order valence-electron chi connectivity index (χ3n) is 3.97. The molecule has 1 amide bonds. The van der Waals surface area contributed by atoms with E-state index in [2.05, 4.69) is 9.98 Å². The van der Waals surface area contributed by atoms with E-state index in [1.54, 1.807) is 30.1 Å². The summed E-state index contributed by atoms with van der Waals surface area (Å²) in [6.45, 7) is 0. The highest BCUT2D eigenvalue weighted by Gasteiger charge is 2.27. The van der Waals surface area contributed by atoms with Gasteiger partial charge in [-0.2, -0.15) is 4.99 Å². The molecule has 1 aliphatic carbocycles. The Hall–Kier alpha value is -2.47. The number of anilines is 2. The summed E-state index contributed by atoms with van der Waals surface area (Å²) in [4.78, 5) is 20.4. The molecule has 0 aliphatic heterocycles. The normalized spacial score (nSPS) is 14.5. The van der Waals surface area contributed by atoms with Crippen LogP contribution in [-0.2, 0) is 4.79 Å². The zero-order valence-corrected chi connectivity index (χ0v) is 13.8. The number of carbonyl (C=O) groups is 1. The summed E-state index contributed by atoms with van der Waals surface area (Å²) < 4.78 is 14.4. The van der Waals surface area contributed by atoms with Gasteiger partial charge in [0, 0.05) is 18.7 Å². The number of aromatic nitrogens is 1. The van der Waals surface area contributed by atoms with Gasteiger partial charge < -0.3 is 10.6 Å². The van der Waals surface area contributed by atoms with E-state index in [1.165, 1.54) is 6.07 Å². The molecular formula is C17H16ClFN4O. The number of amides is 1. The van der Waals surface area contributed by atoms with E-state index in [0.29, 0.717) is 23.7 Å². The van der Waals surface area contributed by atoms with Crippen molar-refractivity contribution >= 4 is 35.4 Å². The van der Waals surface area contributed by atoms with Gasteiger partial charge in [-0.15, -0.1) is 0 Å². The molecule has 1 saturated carbocycles. The number of rotatable bonds is 5. The quantitative estimate of drug-likeness (QED) is 0.512. The van der Waals surface area contributed by atoms with Gasteiger partial charge in [-0.05, 0) is 37.1 Å². The van der Waals surface area contributed by atoms with Crippen LogP contribution in [0.4, 0.5) is 15.9 Å². The molecule has 1 aliphatic rings. The largest absolute Gasteiger partial charge is 0.383 e. The lowest BCUT2D eigenvalue weighted by Gasteiger charge is -2.22. The van der Waals surface area contributed by atoms with E-state index in [9.17, 15) is 9.18 Å². The maximum absolute atomic E-state index is 14.4. The van der Waals surface area contributed by atoms with Crippen molar-refractivity contribution in [1.82, 2.24) is 4.98 Å². The molecule has 7 heteroatoms. The number of amidine groups is 1. The van der Waals surface area contributed by atoms with Crippen LogP contribution in [0.1, 0.15) is 30.0 Å². The number of hydrogen-bond acceptors (Lipinski definition) is 3. The number of nitrogens with two attached hydrogens (primary N) is 1. The fraction of sp³-hybridized carbons (Fsp3) is 0.235. The molecule has 0 atom stereocenters. The van der Waals surface area contributed by atoms with Crippen molar-refractivity contribution in [2.45, 2.75) is 18.8 Å². The molecule has 1 aromatic carbocycles. The molecule has 3 rings (SSSR count). The summed E-state index contributed by atoms with van der Waals surface area (Å²) in [5, 5.41) is 0.0220. The molecule has 0 radical (unpaired) electrons. The average molecular weight is 347 g/mol. The standard InChI is InChI=1S/C17H16ClFN4O/c1-23(14-4-2-3-12(18)15(14)19)17-11(16(20)21-9-24)7-8-13(22-17)10-5-6-10/h2-4,7-10H,5-6H2,1H3,(H2,20,21,24). The summed E-state index contributed by atoms with van der Waals surface area (Å²) in [6, 6.07) is 8.36. The Morgan fingerprint density at radius 2 is 2.17 bits per heavy atom. The highest BCUT2D eigenvalue weighted by atomic mass is 35.5. The minimum atomic E-state index is -0.544. The fourth-order valence-corrected chi connectivity index (χ4v) is 2.69. The molecule has 0 spiro atoms. The smallest absolute Gasteiger partial charge is 0.234 e. The van der Waals surface area contributed by atoms with Crippen molar-refractivity contribution in [3.8, 4) is 0 Å². The first-order valence-electron chi connectivity index (χ1n) is 7.49. The van der Waals surface area contributed by atoms with Gasteiger partial charge in [0.2, 0.25) is 6.41 Å². The predicted octanol–water partition coefficient (Wildman–Crippen LogP) is 3.38. The van der Waals surface area contributed by atoms with Crippen LogP contribution in [0.25, 0.3) is 0 Å². The zero-order chi connectivity index (χ0) is 17.3. The SMILES string of the molecule is CN(c1cccc(Cl)c1F)c1nc(C2CC2)ccc1/C(N)=N\C=O. The van der Waals surface area contributed by atoms with Gasteiger partial charge in [0.15, 0.2) is 5.82 Å². The van der Waals surface area contributed by atoms with Crippen molar-refractivity contribution < 1.29 is 9.18 Å².